The number of carbonyl (C=O) groups is 1. The predicted octanol–water partition coefficient (Wildman–Crippen LogP) is 0.292. The number of ether oxygens (including phenoxy) is 1. The lowest BCUT2D eigenvalue weighted by molar-refractivity contribution is -0.158. The van der Waals surface area contributed by atoms with E-state index in [9.17, 15) is 4.79 Å². The third-order valence-corrected chi connectivity index (χ3v) is 1.75. The van der Waals surface area contributed by atoms with E-state index >= 15 is 0 Å². The van der Waals surface area contributed by atoms with Crippen LogP contribution in [-0.4, -0.2) is 29.2 Å². The van der Waals surface area contributed by atoms with Crippen molar-refractivity contribution in [2.75, 3.05) is 5.88 Å². The van der Waals surface area contributed by atoms with E-state index in [1.54, 1.807) is 0 Å². The van der Waals surface area contributed by atoms with E-state index in [1.807, 2.05) is 0 Å². The van der Waals surface area contributed by atoms with Gasteiger partial charge in [0, 0.05) is 6.42 Å². The van der Waals surface area contributed by atoms with Crippen LogP contribution in [0.25, 0.3) is 0 Å². The van der Waals surface area contributed by atoms with E-state index in [0.29, 0.717) is 6.42 Å². The van der Waals surface area contributed by atoms with Crippen molar-refractivity contribution in [1.82, 2.24) is 0 Å². The fraction of sp³-hybridized carbons (Fsp3) is 0.833. The van der Waals surface area contributed by atoms with Crippen molar-refractivity contribution in [2.24, 2.45) is 0 Å². The first kappa shape index (κ1) is 7.82. The Morgan fingerprint density at radius 2 is 2.50 bits per heavy atom. The summed E-state index contributed by atoms with van der Waals surface area (Å²) in [7, 11) is 0. The zero-order valence-electron chi connectivity index (χ0n) is 5.42. The van der Waals surface area contributed by atoms with Gasteiger partial charge in [0.2, 0.25) is 0 Å². The summed E-state index contributed by atoms with van der Waals surface area (Å²) in [5.41, 5.74) is 0. The molecule has 0 aromatic carbocycles. The topological polar surface area (TPSA) is 46.5 Å². The monoisotopic (exact) mass is 164 g/mol. The van der Waals surface area contributed by atoms with Crippen LogP contribution in [0.15, 0.2) is 0 Å². The van der Waals surface area contributed by atoms with Gasteiger partial charge in [-0.05, 0) is 0 Å². The van der Waals surface area contributed by atoms with Crippen LogP contribution in [0.3, 0.4) is 0 Å². The summed E-state index contributed by atoms with van der Waals surface area (Å²) in [5, 5.41) is 9.02. The second-order valence-corrected chi connectivity index (χ2v) is 2.67. The summed E-state index contributed by atoms with van der Waals surface area (Å²) >= 11 is 5.42. The number of hydrogen-bond acceptors (Lipinski definition) is 3. The Bertz CT molecular complexity index is 137. The van der Waals surface area contributed by atoms with E-state index in [4.69, 9.17) is 21.4 Å². The van der Waals surface area contributed by atoms with Crippen molar-refractivity contribution in [2.45, 2.75) is 25.0 Å². The maximum atomic E-state index is 10.6. The van der Waals surface area contributed by atoms with Crippen LogP contribution < -0.4 is 0 Å². The number of carbonyl (C=O) groups excluding carboxylic acids is 1. The number of esters is 1. The van der Waals surface area contributed by atoms with E-state index < -0.39 is 6.10 Å². The highest BCUT2D eigenvalue weighted by Crippen LogP contribution is 2.15. The molecule has 0 aromatic heterocycles. The molecule has 1 unspecified atom stereocenters. The Morgan fingerprint density at radius 3 is 3.00 bits per heavy atom. The molecule has 3 nitrogen and oxygen atoms in total. The van der Waals surface area contributed by atoms with Crippen LogP contribution in [0.2, 0.25) is 0 Å². The van der Waals surface area contributed by atoms with Crippen molar-refractivity contribution >= 4 is 17.6 Å². The average Bonchev–Trinajstić information content (AvgIpc) is 1.85. The molecule has 0 aromatic rings. The van der Waals surface area contributed by atoms with Gasteiger partial charge in [-0.3, -0.25) is 4.79 Å². The molecule has 1 N–H and O–H groups in total. The van der Waals surface area contributed by atoms with Gasteiger partial charge in [-0.15, -0.1) is 11.6 Å². The van der Waals surface area contributed by atoms with Gasteiger partial charge in [0.25, 0.3) is 0 Å². The van der Waals surface area contributed by atoms with E-state index in [0.717, 1.165) is 0 Å². The van der Waals surface area contributed by atoms with Gasteiger partial charge in [0.05, 0.1) is 18.4 Å². The Hall–Kier alpha value is -0.280. The fourth-order valence-corrected chi connectivity index (χ4v) is 1.14. The summed E-state index contributed by atoms with van der Waals surface area (Å²) in [5.74, 6) is -0.0904. The van der Waals surface area contributed by atoms with Crippen LogP contribution in [-0.2, 0) is 9.53 Å². The minimum atomic E-state index is -0.565. The fourth-order valence-electron chi connectivity index (χ4n) is 0.956. The first-order valence-electron chi connectivity index (χ1n) is 3.16. The van der Waals surface area contributed by atoms with Crippen molar-refractivity contribution < 1.29 is 14.6 Å². The SMILES string of the molecule is O=C1C[C@H](O)CC(CCl)O1. The quantitative estimate of drug-likeness (QED) is 0.448. The number of hydrogen-bond donors (Lipinski definition) is 1. The Kier molecular flexibility index (Phi) is 2.51. The summed E-state index contributed by atoms with van der Waals surface area (Å²) < 4.78 is 4.78. The first-order valence-corrected chi connectivity index (χ1v) is 3.69. The van der Waals surface area contributed by atoms with Gasteiger partial charge in [0.15, 0.2) is 0 Å². The van der Waals surface area contributed by atoms with Crippen LogP contribution in [0.4, 0.5) is 0 Å². The summed E-state index contributed by atoms with van der Waals surface area (Å²) in [4.78, 5) is 10.6. The number of aliphatic hydroxyl groups excluding tert-OH is 1. The number of rotatable bonds is 1. The minimum absolute atomic E-state index is 0.105. The second-order valence-electron chi connectivity index (χ2n) is 2.36. The predicted molar refractivity (Wildman–Crippen MR) is 35.8 cm³/mol. The maximum absolute atomic E-state index is 10.6. The standard InChI is InChI=1S/C6H9ClO3/c7-3-5-1-4(8)2-6(9)10-5/h4-5,8H,1-3H2/t4-,5?/m1/s1. The molecule has 0 bridgehead atoms. The minimum Gasteiger partial charge on any atom is -0.461 e. The molecule has 0 spiro atoms. The number of cyclic esters (lactones) is 1. The van der Waals surface area contributed by atoms with E-state index in [2.05, 4.69) is 0 Å². The van der Waals surface area contributed by atoms with Crippen LogP contribution in [0.1, 0.15) is 12.8 Å². The normalized spacial score (nSPS) is 33.6. The van der Waals surface area contributed by atoms with Gasteiger partial charge in [-0.2, -0.15) is 0 Å². The van der Waals surface area contributed by atoms with Gasteiger partial charge in [-0.1, -0.05) is 0 Å². The van der Waals surface area contributed by atoms with Gasteiger partial charge < -0.3 is 9.84 Å². The Labute approximate surface area is 63.9 Å². The number of alkyl halides is 1. The molecule has 1 heterocycles. The summed E-state index contributed by atoms with van der Waals surface area (Å²) in [6.07, 6.45) is -0.286. The molecule has 1 saturated heterocycles. The highest BCUT2D eigenvalue weighted by Gasteiger charge is 2.25. The van der Waals surface area contributed by atoms with Crippen molar-refractivity contribution in [3.8, 4) is 0 Å². The second kappa shape index (κ2) is 3.21. The summed E-state index contributed by atoms with van der Waals surface area (Å²) in [6.45, 7) is 0. The van der Waals surface area contributed by atoms with Crippen LogP contribution in [0, 0.1) is 0 Å². The number of aliphatic hydroxyl groups is 1. The van der Waals surface area contributed by atoms with E-state index in [1.165, 1.54) is 0 Å². The zero-order valence-corrected chi connectivity index (χ0v) is 6.17. The molecule has 1 aliphatic heterocycles. The van der Waals surface area contributed by atoms with Gasteiger partial charge >= 0.3 is 5.97 Å². The van der Waals surface area contributed by atoms with Gasteiger partial charge in [0.1, 0.15) is 6.10 Å². The molecule has 0 saturated carbocycles. The lowest BCUT2D eigenvalue weighted by atomic mass is 10.1. The number of halogens is 1. The van der Waals surface area contributed by atoms with Crippen molar-refractivity contribution in [1.29, 1.82) is 0 Å². The molecule has 0 aliphatic carbocycles. The lowest BCUT2D eigenvalue weighted by Crippen LogP contribution is -2.33. The Morgan fingerprint density at radius 1 is 1.80 bits per heavy atom. The molecular formula is C6H9ClO3. The molecule has 2 atom stereocenters. The third-order valence-electron chi connectivity index (χ3n) is 1.41. The molecular weight excluding hydrogens is 156 g/mol. The molecule has 1 rings (SSSR count). The highest BCUT2D eigenvalue weighted by atomic mass is 35.5. The molecule has 58 valence electrons. The van der Waals surface area contributed by atoms with Crippen molar-refractivity contribution in [3.63, 3.8) is 0 Å². The smallest absolute Gasteiger partial charge is 0.308 e. The third kappa shape index (κ3) is 1.85. The van der Waals surface area contributed by atoms with Crippen molar-refractivity contribution in [3.05, 3.63) is 0 Å². The van der Waals surface area contributed by atoms with Crippen LogP contribution >= 0.6 is 11.6 Å². The summed E-state index contributed by atoms with van der Waals surface area (Å²) in [6, 6.07) is 0. The van der Waals surface area contributed by atoms with E-state index in [-0.39, 0.29) is 24.4 Å². The molecule has 4 heteroatoms. The molecule has 10 heavy (non-hydrogen) atoms. The maximum Gasteiger partial charge on any atom is 0.308 e. The zero-order chi connectivity index (χ0) is 7.56. The molecule has 1 aliphatic rings. The molecule has 0 amide bonds. The van der Waals surface area contributed by atoms with Gasteiger partial charge in [-0.25, -0.2) is 0 Å². The molecule has 0 radical (unpaired) electrons. The van der Waals surface area contributed by atoms with Crippen LogP contribution in [0.5, 0.6) is 0 Å². The lowest BCUT2D eigenvalue weighted by Gasteiger charge is -2.23. The highest BCUT2D eigenvalue weighted by molar-refractivity contribution is 6.18. The molecule has 1 fully saturated rings. The Balaban J connectivity index is 2.42. The average molecular weight is 165 g/mol. The first-order chi connectivity index (χ1) is 4.72. The largest absolute Gasteiger partial charge is 0.461 e.